The van der Waals surface area contributed by atoms with Crippen molar-refractivity contribution in [3.8, 4) is 0 Å². The van der Waals surface area contributed by atoms with Crippen molar-refractivity contribution in [2.45, 2.75) is 90.1 Å². The van der Waals surface area contributed by atoms with Crippen LogP contribution >= 0.6 is 0 Å². The third-order valence-electron chi connectivity index (χ3n) is 10.0. The normalized spacial score (nSPS) is 40.8. The van der Waals surface area contributed by atoms with Gasteiger partial charge in [0.2, 0.25) is 11.1 Å². The molecule has 1 aromatic rings. The Morgan fingerprint density at radius 1 is 1.03 bits per heavy atom. The molecule has 0 N–H and O–H groups in total. The molecule has 5 heteroatoms. The summed E-state index contributed by atoms with van der Waals surface area (Å²) in [7, 11) is 0. The van der Waals surface area contributed by atoms with Gasteiger partial charge in [0, 0.05) is 5.92 Å². The van der Waals surface area contributed by atoms with Gasteiger partial charge in [0.25, 0.3) is 0 Å². The van der Waals surface area contributed by atoms with E-state index in [1.165, 1.54) is 24.8 Å². The van der Waals surface area contributed by atoms with Crippen LogP contribution in [-0.4, -0.2) is 16.1 Å². The van der Waals surface area contributed by atoms with Gasteiger partial charge in [0.15, 0.2) is 0 Å². The molecule has 0 amide bonds. The zero-order chi connectivity index (χ0) is 23.4. The first kappa shape index (κ1) is 23.4. The largest absolute Gasteiger partial charge is 0.300 e. The molecule has 0 bridgehead atoms. The summed E-state index contributed by atoms with van der Waals surface area (Å²) in [6.07, 6.45) is 11.2. The summed E-state index contributed by atoms with van der Waals surface area (Å²) >= 11 is -1.60. The fraction of sp³-hybridized carbons (Fsp3) is 0.679. The summed E-state index contributed by atoms with van der Waals surface area (Å²) in [5.74, 6) is 2.73. The Balaban J connectivity index is 1.26. The van der Waals surface area contributed by atoms with Crippen LogP contribution in [0.15, 0.2) is 40.8 Å². The molecule has 0 radical (unpaired) electrons. The topological polar surface area (TPSA) is 52.6 Å². The molecule has 5 rings (SSSR count). The second-order valence-electron chi connectivity index (χ2n) is 11.6. The quantitative estimate of drug-likeness (QED) is 0.280. The van der Waals surface area contributed by atoms with Crippen molar-refractivity contribution in [2.24, 2.45) is 34.5 Å². The number of rotatable bonds is 5. The monoisotopic (exact) mass is 470 g/mol. The maximum Gasteiger partial charge on any atom is 0.220 e. The molecule has 0 heterocycles. The summed E-state index contributed by atoms with van der Waals surface area (Å²) in [5.41, 5.74) is 3.05. The molecule has 0 saturated heterocycles. The highest BCUT2D eigenvalue weighted by molar-refractivity contribution is 7.80. The third-order valence-corrected chi connectivity index (χ3v) is 10.9. The van der Waals surface area contributed by atoms with Crippen LogP contribution in [0.2, 0.25) is 0 Å². The van der Waals surface area contributed by atoms with Gasteiger partial charge in [-0.25, -0.2) is 9.10 Å². The van der Waals surface area contributed by atoms with E-state index in [1.54, 1.807) is 6.92 Å². The first-order chi connectivity index (χ1) is 15.7. The second kappa shape index (κ2) is 8.73. The van der Waals surface area contributed by atoms with Gasteiger partial charge in [-0.05, 0) is 106 Å². The summed E-state index contributed by atoms with van der Waals surface area (Å²) in [4.78, 5) is 18.7. The molecular formula is C28H38O4S. The Morgan fingerprint density at radius 2 is 1.79 bits per heavy atom. The maximum absolute atomic E-state index is 12.5. The van der Waals surface area contributed by atoms with Gasteiger partial charge in [-0.1, -0.05) is 43.2 Å². The minimum absolute atomic E-state index is 0.0438. The lowest BCUT2D eigenvalue weighted by molar-refractivity contribution is -0.244. The van der Waals surface area contributed by atoms with Crippen molar-refractivity contribution in [2.75, 3.05) is 0 Å². The Kier molecular flexibility index (Phi) is 6.20. The van der Waals surface area contributed by atoms with Gasteiger partial charge >= 0.3 is 0 Å². The second-order valence-corrected chi connectivity index (χ2v) is 12.7. The minimum Gasteiger partial charge on any atom is -0.300 e. The highest BCUT2D eigenvalue weighted by atomic mass is 32.2. The Hall–Kier alpha value is -1.30. The van der Waals surface area contributed by atoms with E-state index >= 15 is 0 Å². The molecular weight excluding hydrogens is 432 g/mol. The summed E-state index contributed by atoms with van der Waals surface area (Å²) in [6, 6.07) is 7.52. The number of fused-ring (bicyclic) bond motifs is 5. The molecule has 8 atom stereocenters. The summed E-state index contributed by atoms with van der Waals surface area (Å²) < 4.78 is 17.8. The molecule has 0 aromatic heterocycles. The molecule has 0 aliphatic heterocycles. The smallest absolute Gasteiger partial charge is 0.220 e. The number of aryl methyl sites for hydroxylation is 1. The first-order valence-corrected chi connectivity index (χ1v) is 13.8. The molecule has 1 aromatic carbocycles. The van der Waals surface area contributed by atoms with Crippen molar-refractivity contribution < 1.29 is 18.2 Å². The van der Waals surface area contributed by atoms with Gasteiger partial charge in [-0.15, -0.1) is 4.33 Å². The van der Waals surface area contributed by atoms with Gasteiger partial charge < -0.3 is 0 Å². The first-order valence-electron chi connectivity index (χ1n) is 12.7. The number of hydrogen-bond donors (Lipinski definition) is 0. The lowest BCUT2D eigenvalue weighted by Crippen LogP contribution is -2.51. The van der Waals surface area contributed by atoms with E-state index in [4.69, 9.17) is 9.22 Å². The highest BCUT2D eigenvalue weighted by Crippen LogP contribution is 2.66. The zero-order valence-electron chi connectivity index (χ0n) is 20.5. The van der Waals surface area contributed by atoms with E-state index in [2.05, 4.69) is 19.9 Å². The average molecular weight is 471 g/mol. The van der Waals surface area contributed by atoms with Crippen LogP contribution in [-0.2, 0) is 25.1 Å². The van der Waals surface area contributed by atoms with E-state index < -0.39 is 11.1 Å². The molecule has 4 nitrogen and oxygen atoms in total. The number of carbonyl (C=O) groups is 1. The van der Waals surface area contributed by atoms with Crippen LogP contribution in [0.1, 0.15) is 77.7 Å². The molecule has 0 spiro atoms. The highest BCUT2D eigenvalue weighted by Gasteiger charge is 2.59. The van der Waals surface area contributed by atoms with Crippen molar-refractivity contribution in [1.82, 2.24) is 0 Å². The number of allylic oxidation sites excluding steroid dienone is 1. The lowest BCUT2D eigenvalue weighted by atomic mass is 9.47. The predicted octanol–water partition coefficient (Wildman–Crippen LogP) is 6.50. The van der Waals surface area contributed by atoms with Crippen LogP contribution in [0.4, 0.5) is 0 Å². The van der Waals surface area contributed by atoms with E-state index in [0.717, 1.165) is 37.7 Å². The molecule has 33 heavy (non-hydrogen) atoms. The van der Waals surface area contributed by atoms with Gasteiger partial charge in [0.05, 0.1) is 11.0 Å². The lowest BCUT2D eigenvalue weighted by Gasteiger charge is -2.58. The van der Waals surface area contributed by atoms with E-state index in [9.17, 15) is 9.00 Å². The molecule has 3 saturated carbocycles. The van der Waals surface area contributed by atoms with Crippen LogP contribution in [0, 0.1) is 41.4 Å². The fourth-order valence-corrected chi connectivity index (χ4v) is 8.78. The van der Waals surface area contributed by atoms with Crippen molar-refractivity contribution in [3.63, 3.8) is 0 Å². The molecule has 4 aliphatic carbocycles. The number of ketones is 1. The van der Waals surface area contributed by atoms with Crippen molar-refractivity contribution in [1.29, 1.82) is 0 Å². The van der Waals surface area contributed by atoms with Gasteiger partial charge in [0.1, 0.15) is 5.78 Å². The van der Waals surface area contributed by atoms with Gasteiger partial charge in [-0.3, -0.25) is 4.79 Å². The Bertz CT molecular complexity index is 969. The zero-order valence-corrected chi connectivity index (χ0v) is 21.3. The Labute approximate surface area is 201 Å². The third kappa shape index (κ3) is 3.98. The van der Waals surface area contributed by atoms with Crippen LogP contribution in [0.5, 0.6) is 0 Å². The van der Waals surface area contributed by atoms with E-state index in [0.29, 0.717) is 28.4 Å². The number of benzene rings is 1. The standard InChI is InChI=1S/C28H38O4S/c1-18-5-8-22(9-6-18)33(30)32-31-21-13-15-27(3)20(17-21)7-10-23-25-12-11-24(19(2)29)28(25,4)16-14-26(23)27/h5-9,21,23-26H,10-17H2,1-4H3/t21-,23+,24-,25+,26+,27+,28-,33-/m1/s1. The maximum atomic E-state index is 12.5. The molecule has 3 fully saturated rings. The summed E-state index contributed by atoms with van der Waals surface area (Å²) in [5, 5.41) is 0. The van der Waals surface area contributed by atoms with E-state index in [1.807, 2.05) is 31.2 Å². The predicted molar refractivity (Wildman–Crippen MR) is 129 cm³/mol. The molecule has 4 aliphatic rings. The summed E-state index contributed by atoms with van der Waals surface area (Å²) in [6.45, 7) is 8.69. The van der Waals surface area contributed by atoms with Crippen molar-refractivity contribution in [3.05, 3.63) is 41.5 Å². The number of Topliss-reactive ketones (excluding diaryl/α,β-unsaturated/α-hetero) is 1. The fourth-order valence-electron chi connectivity index (χ4n) is 8.16. The SMILES string of the molecule is CC(=O)[C@H]1CC[C@H]2[C@@H]3CC=C4C[C@H](OO[S@@](=O)c5ccc(C)cc5)CC[C@]4(C)[C@H]3CC[C@]12C. The number of hydrogen-bond acceptors (Lipinski definition) is 4. The minimum atomic E-state index is -1.60. The molecule has 180 valence electrons. The van der Waals surface area contributed by atoms with Crippen LogP contribution < -0.4 is 0 Å². The Morgan fingerprint density at radius 3 is 2.52 bits per heavy atom. The molecule has 0 unspecified atom stereocenters. The van der Waals surface area contributed by atoms with Crippen LogP contribution in [0.3, 0.4) is 0 Å². The van der Waals surface area contributed by atoms with E-state index in [-0.39, 0.29) is 22.9 Å². The number of carbonyl (C=O) groups excluding carboxylic acids is 1. The average Bonchev–Trinajstić information content (AvgIpc) is 3.15. The van der Waals surface area contributed by atoms with Gasteiger partial charge in [-0.2, -0.15) is 0 Å². The van der Waals surface area contributed by atoms with Crippen molar-refractivity contribution >= 4 is 16.9 Å². The van der Waals surface area contributed by atoms with Crippen LogP contribution in [0.25, 0.3) is 0 Å².